The predicted octanol–water partition coefficient (Wildman–Crippen LogP) is 16.7. The Morgan fingerprint density at radius 3 is 1.61 bits per heavy atom. The van der Waals surface area contributed by atoms with Crippen LogP contribution < -0.4 is 0 Å². The third-order valence-corrected chi connectivity index (χ3v) is 14.5. The summed E-state index contributed by atoms with van der Waals surface area (Å²) < 4.78 is 25.9. The highest BCUT2D eigenvalue weighted by molar-refractivity contribution is 6.12. The Bertz CT molecular complexity index is 5030. The number of furan rings is 4. The monoisotopic (exact) mass is 977 g/mol. The van der Waals surface area contributed by atoms with Crippen molar-refractivity contribution in [3.8, 4) is 78.4 Å². The van der Waals surface area contributed by atoms with Gasteiger partial charge in [-0.15, -0.1) is 0 Å². The lowest BCUT2D eigenvalue weighted by molar-refractivity contribution is 0.668. The molecule has 0 bridgehead atoms. The maximum Gasteiger partial charge on any atom is 0.163 e. The van der Waals surface area contributed by atoms with Crippen molar-refractivity contribution in [1.29, 1.82) is 0 Å². The van der Waals surface area contributed by atoms with Crippen LogP contribution in [-0.2, 0) is 0 Å². The smallest absolute Gasteiger partial charge is 0.163 e. The molecule has 0 aliphatic heterocycles. The molecule has 76 heavy (non-hydrogen) atoms. The van der Waals surface area contributed by atoms with Crippen LogP contribution in [0.3, 0.4) is 0 Å². The molecule has 0 aliphatic carbocycles. The van der Waals surface area contributed by atoms with E-state index in [1.54, 1.807) is 0 Å². The van der Waals surface area contributed by atoms with Crippen molar-refractivity contribution in [2.24, 2.45) is 0 Å². The van der Waals surface area contributed by atoms with Gasteiger partial charge in [0.15, 0.2) is 22.3 Å². The maximum absolute atomic E-state index is 6.69. The van der Waals surface area contributed by atoms with Crippen LogP contribution >= 0.6 is 0 Å². The fourth-order valence-electron chi connectivity index (χ4n) is 10.8. The second kappa shape index (κ2) is 16.4. The van der Waals surface area contributed by atoms with Gasteiger partial charge in [-0.1, -0.05) is 66.7 Å². The summed E-state index contributed by atoms with van der Waals surface area (Å²) in [5.41, 5.74) is 19.6. The Labute approximate surface area is 430 Å². The molecule has 0 fully saturated rings. The van der Waals surface area contributed by atoms with Crippen molar-refractivity contribution in [3.05, 3.63) is 213 Å². The second-order valence-electron chi connectivity index (χ2n) is 18.9. The Hall–Kier alpha value is -10.7. The molecule has 0 saturated carbocycles. The van der Waals surface area contributed by atoms with Crippen molar-refractivity contribution >= 4 is 88.0 Å². The van der Waals surface area contributed by atoms with Crippen LogP contribution in [0, 0.1) is 0 Å². The lowest BCUT2D eigenvalue weighted by Gasteiger charge is -2.09. The normalized spacial score (nSPS) is 11.9. The van der Waals surface area contributed by atoms with E-state index < -0.39 is 0 Å². The summed E-state index contributed by atoms with van der Waals surface area (Å²) in [7, 11) is 0. The van der Waals surface area contributed by atoms with E-state index in [0.717, 1.165) is 155 Å². The first-order chi connectivity index (χ1) is 37.6. The van der Waals surface area contributed by atoms with Gasteiger partial charge < -0.3 is 17.7 Å². The van der Waals surface area contributed by atoms with E-state index in [4.69, 9.17) is 37.6 Å². The molecule has 16 rings (SSSR count). The summed E-state index contributed by atoms with van der Waals surface area (Å²) in [5, 5.41) is 5.86. The number of hydrogen-bond donors (Lipinski definition) is 0. The van der Waals surface area contributed by atoms with Crippen LogP contribution in [0.1, 0.15) is 0 Å². The van der Waals surface area contributed by atoms with Gasteiger partial charge in [0.25, 0.3) is 0 Å². The zero-order chi connectivity index (χ0) is 49.8. The molecule has 354 valence electrons. The Kier molecular flexibility index (Phi) is 9.06. The highest BCUT2D eigenvalue weighted by Crippen LogP contribution is 2.42. The summed E-state index contributed by atoms with van der Waals surface area (Å²) in [6.45, 7) is 0. The summed E-state index contributed by atoms with van der Waals surface area (Å²) in [6.07, 6.45) is 14.8. The quantitative estimate of drug-likeness (QED) is 0.151. The van der Waals surface area contributed by atoms with Crippen LogP contribution in [0.25, 0.3) is 166 Å². The van der Waals surface area contributed by atoms with Crippen molar-refractivity contribution < 1.29 is 17.7 Å². The number of pyridine rings is 7. The molecule has 0 unspecified atom stereocenters. The average molecular weight is 978 g/mol. The van der Waals surface area contributed by atoms with Crippen molar-refractivity contribution in [2.45, 2.75) is 0 Å². The van der Waals surface area contributed by atoms with E-state index in [-0.39, 0.29) is 0 Å². The fourth-order valence-corrected chi connectivity index (χ4v) is 10.8. The molecule has 0 atom stereocenters. The molecule has 0 radical (unpaired) electrons. The van der Waals surface area contributed by atoms with E-state index in [2.05, 4.69) is 75.6 Å². The maximum atomic E-state index is 6.69. The SMILES string of the molecule is c1cc(-c2cncc(-c3nccc4c3oc3ccccc34)c2)cc(-c2nccc3c2oc2ccc(-c4cc(-c5ccc(-c6cncc(-c7ccnc8c7oc7ccccc78)c6)cn5)c5oc6ccccc6c5n4)cc23)c1. The Balaban J connectivity index is 0.752. The van der Waals surface area contributed by atoms with Crippen LogP contribution in [0.15, 0.2) is 231 Å². The number of fused-ring (bicyclic) bond motifs is 12. The first kappa shape index (κ1) is 41.9. The van der Waals surface area contributed by atoms with Gasteiger partial charge in [-0.25, -0.2) is 4.98 Å². The van der Waals surface area contributed by atoms with Crippen LogP contribution in [0.5, 0.6) is 0 Å². The fraction of sp³-hybridized carbons (Fsp3) is 0. The zero-order valence-corrected chi connectivity index (χ0v) is 40.0. The summed E-state index contributed by atoms with van der Waals surface area (Å²) >= 11 is 0. The van der Waals surface area contributed by atoms with E-state index in [1.807, 2.05) is 153 Å². The number of rotatable bonds is 7. The molecule has 0 N–H and O–H groups in total. The molecule has 11 heteroatoms. The highest BCUT2D eigenvalue weighted by Gasteiger charge is 2.21. The minimum atomic E-state index is 0.664. The first-order valence-electron chi connectivity index (χ1n) is 24.8. The minimum absolute atomic E-state index is 0.664. The molecule has 0 saturated heterocycles. The number of benzene rings is 5. The molecule has 5 aromatic carbocycles. The van der Waals surface area contributed by atoms with E-state index >= 15 is 0 Å². The second-order valence-corrected chi connectivity index (χ2v) is 18.9. The molecule has 11 heterocycles. The molecule has 0 amide bonds. The van der Waals surface area contributed by atoms with Gasteiger partial charge in [-0.05, 0) is 103 Å². The largest absolute Gasteiger partial charge is 0.454 e. The molecular weight excluding hydrogens is 943 g/mol. The minimum Gasteiger partial charge on any atom is -0.454 e. The third kappa shape index (κ3) is 6.59. The molecule has 11 aromatic heterocycles. The topological polar surface area (TPSA) is 143 Å². The summed E-state index contributed by atoms with van der Waals surface area (Å²) in [6, 6.07) is 54.9. The molecule has 0 spiro atoms. The molecule has 0 aliphatic rings. The van der Waals surface area contributed by atoms with Gasteiger partial charge >= 0.3 is 0 Å². The third-order valence-electron chi connectivity index (χ3n) is 14.5. The van der Waals surface area contributed by atoms with E-state index in [1.165, 1.54) is 0 Å². The lowest BCUT2D eigenvalue weighted by Crippen LogP contribution is -1.91. The van der Waals surface area contributed by atoms with Crippen molar-refractivity contribution in [1.82, 2.24) is 34.9 Å². The Morgan fingerprint density at radius 1 is 0.276 bits per heavy atom. The first-order valence-corrected chi connectivity index (χ1v) is 24.8. The van der Waals surface area contributed by atoms with Crippen LogP contribution in [-0.4, -0.2) is 34.9 Å². The van der Waals surface area contributed by atoms with Crippen molar-refractivity contribution in [3.63, 3.8) is 0 Å². The van der Waals surface area contributed by atoms with Crippen molar-refractivity contribution in [2.75, 3.05) is 0 Å². The lowest BCUT2D eigenvalue weighted by atomic mass is 9.99. The molecule has 11 nitrogen and oxygen atoms in total. The number of hydrogen-bond acceptors (Lipinski definition) is 11. The number of nitrogens with zero attached hydrogens (tertiary/aromatic N) is 7. The van der Waals surface area contributed by atoms with Crippen LogP contribution in [0.4, 0.5) is 0 Å². The number of aromatic nitrogens is 7. The predicted molar refractivity (Wildman–Crippen MR) is 298 cm³/mol. The molecule has 16 aromatic rings. The van der Waals surface area contributed by atoms with Gasteiger partial charge in [0.05, 0.1) is 11.4 Å². The van der Waals surface area contributed by atoms with Crippen LogP contribution in [0.2, 0.25) is 0 Å². The van der Waals surface area contributed by atoms with E-state index in [0.29, 0.717) is 11.2 Å². The zero-order valence-electron chi connectivity index (χ0n) is 40.0. The standard InChI is InChI=1S/C65H35N7O4/c1-4-13-54-45(10-1)46-21-24-69-59(63(46)73-54)43-28-40(31-67-34-43)36-8-7-9-38(26-36)58-64-47(22-25-68-58)50-29-37(17-19-57(50)76-64)53-30-51(65-61(72-53)49-12-3-6-15-56(49)75-65)52-18-16-39(35-71-52)41-27-42(33-66-32-41)44-20-23-70-60-48-11-2-5-14-55(48)74-62(44)60/h1-35H. The summed E-state index contributed by atoms with van der Waals surface area (Å²) in [4.78, 5) is 34.0. The highest BCUT2D eigenvalue weighted by atomic mass is 16.3. The average Bonchev–Trinajstić information content (AvgIpc) is 4.28. The number of para-hydroxylation sites is 3. The molecular formula is C65H35N7O4. The van der Waals surface area contributed by atoms with Gasteiger partial charge in [0.1, 0.15) is 44.8 Å². The van der Waals surface area contributed by atoms with Gasteiger partial charge in [0.2, 0.25) is 0 Å². The van der Waals surface area contributed by atoms with E-state index in [9.17, 15) is 0 Å². The van der Waals surface area contributed by atoms with Gasteiger partial charge in [-0.3, -0.25) is 29.9 Å². The Morgan fingerprint density at radius 2 is 0.842 bits per heavy atom. The van der Waals surface area contributed by atoms with Gasteiger partial charge in [-0.2, -0.15) is 0 Å². The van der Waals surface area contributed by atoms with Gasteiger partial charge in [0, 0.05) is 132 Å². The summed E-state index contributed by atoms with van der Waals surface area (Å²) in [5.74, 6) is 0.